The van der Waals surface area contributed by atoms with Crippen LogP contribution in [0, 0.1) is 0 Å². The van der Waals surface area contributed by atoms with Crippen molar-refractivity contribution in [1.29, 1.82) is 0 Å². The first kappa shape index (κ1) is 15.8. The van der Waals surface area contributed by atoms with Crippen molar-refractivity contribution in [2.24, 2.45) is 5.73 Å². The molecule has 100 valence electrons. The largest absolute Gasteiger partial charge is 0.480 e. The molecule has 0 heterocycles. The fraction of sp³-hybridized carbons (Fsp3) is 0.800. The van der Waals surface area contributed by atoms with Crippen LogP contribution in [0.1, 0.15) is 12.8 Å². The van der Waals surface area contributed by atoms with Gasteiger partial charge in [-0.15, -0.1) is 0 Å². The summed E-state index contributed by atoms with van der Waals surface area (Å²) < 4.78 is 9.90. The number of carbonyl (C=O) groups excluding carboxylic acids is 1. The van der Waals surface area contributed by atoms with Crippen molar-refractivity contribution in [3.63, 3.8) is 0 Å². The Morgan fingerprint density at radius 1 is 1.35 bits per heavy atom. The first-order valence-electron chi connectivity index (χ1n) is 5.39. The van der Waals surface area contributed by atoms with Crippen molar-refractivity contribution >= 4 is 11.9 Å². The van der Waals surface area contributed by atoms with Crippen molar-refractivity contribution in [3.8, 4) is 0 Å². The summed E-state index contributed by atoms with van der Waals surface area (Å²) in [5.74, 6) is -1.32. The Morgan fingerprint density at radius 2 is 2.06 bits per heavy atom. The maximum Gasteiger partial charge on any atom is 0.320 e. The van der Waals surface area contributed by atoms with E-state index in [0.29, 0.717) is 26.4 Å². The van der Waals surface area contributed by atoms with Gasteiger partial charge in [-0.05, 0) is 6.42 Å². The average molecular weight is 248 g/mol. The van der Waals surface area contributed by atoms with E-state index in [1.165, 1.54) is 0 Å². The minimum absolute atomic E-state index is 0.103. The fourth-order valence-electron chi connectivity index (χ4n) is 1.01. The molecule has 1 atom stereocenters. The second-order valence-corrected chi connectivity index (χ2v) is 3.44. The molecule has 0 aromatic rings. The van der Waals surface area contributed by atoms with Crippen LogP contribution >= 0.6 is 0 Å². The Bertz CT molecular complexity index is 235. The van der Waals surface area contributed by atoms with Gasteiger partial charge in [-0.3, -0.25) is 9.59 Å². The molecule has 7 heteroatoms. The van der Waals surface area contributed by atoms with E-state index in [1.54, 1.807) is 7.11 Å². The van der Waals surface area contributed by atoms with Crippen LogP contribution in [0.4, 0.5) is 0 Å². The number of hydrogen-bond donors (Lipinski definition) is 3. The van der Waals surface area contributed by atoms with E-state index < -0.39 is 12.0 Å². The molecule has 0 spiro atoms. The molecule has 0 radical (unpaired) electrons. The number of carbonyl (C=O) groups is 2. The van der Waals surface area contributed by atoms with E-state index in [-0.39, 0.29) is 18.7 Å². The number of ether oxygens (including phenoxy) is 2. The Morgan fingerprint density at radius 3 is 2.65 bits per heavy atom. The zero-order valence-electron chi connectivity index (χ0n) is 9.98. The second kappa shape index (κ2) is 10.0. The third kappa shape index (κ3) is 9.73. The molecule has 0 bridgehead atoms. The number of rotatable bonds is 10. The first-order valence-corrected chi connectivity index (χ1v) is 5.39. The van der Waals surface area contributed by atoms with Crippen LogP contribution < -0.4 is 11.1 Å². The molecule has 0 aliphatic heterocycles. The van der Waals surface area contributed by atoms with Gasteiger partial charge in [0.2, 0.25) is 5.91 Å². The molecule has 0 fully saturated rings. The molecular formula is C10H20N2O5. The summed E-state index contributed by atoms with van der Waals surface area (Å²) in [6.45, 7) is 1.79. The van der Waals surface area contributed by atoms with Crippen LogP contribution in [-0.2, 0) is 19.1 Å². The van der Waals surface area contributed by atoms with Gasteiger partial charge < -0.3 is 25.6 Å². The monoisotopic (exact) mass is 248 g/mol. The smallest absolute Gasteiger partial charge is 0.320 e. The van der Waals surface area contributed by atoms with E-state index >= 15 is 0 Å². The summed E-state index contributed by atoms with van der Waals surface area (Å²) in [5, 5.41) is 11.1. The van der Waals surface area contributed by atoms with Crippen LogP contribution in [0.3, 0.4) is 0 Å². The van der Waals surface area contributed by atoms with E-state index in [0.717, 1.165) is 0 Å². The standard InChI is InChI=1S/C10H20N2O5/c1-16-6-7-17-5-4-12-9(13)3-2-8(11)10(14)15/h8H,2-7,11H2,1H3,(H,12,13)(H,14,15). The van der Waals surface area contributed by atoms with E-state index in [1.807, 2.05) is 0 Å². The van der Waals surface area contributed by atoms with Gasteiger partial charge in [0.25, 0.3) is 0 Å². The number of methoxy groups -OCH3 is 1. The third-order valence-electron chi connectivity index (χ3n) is 2.00. The Balaban J connectivity index is 3.38. The molecule has 0 saturated heterocycles. The van der Waals surface area contributed by atoms with Crippen LogP contribution in [0.25, 0.3) is 0 Å². The summed E-state index contributed by atoms with van der Waals surface area (Å²) in [7, 11) is 1.58. The molecule has 0 rings (SSSR count). The number of hydrogen-bond acceptors (Lipinski definition) is 5. The first-order chi connectivity index (χ1) is 8.07. The average Bonchev–Trinajstić information content (AvgIpc) is 2.30. The lowest BCUT2D eigenvalue weighted by molar-refractivity contribution is -0.138. The number of aliphatic carboxylic acids is 1. The van der Waals surface area contributed by atoms with Gasteiger partial charge in [0.15, 0.2) is 0 Å². The number of carboxylic acids is 1. The second-order valence-electron chi connectivity index (χ2n) is 3.44. The van der Waals surface area contributed by atoms with E-state index in [9.17, 15) is 9.59 Å². The highest BCUT2D eigenvalue weighted by Crippen LogP contribution is 1.94. The van der Waals surface area contributed by atoms with Crippen LogP contribution in [0.5, 0.6) is 0 Å². The summed E-state index contributed by atoms with van der Waals surface area (Å²) >= 11 is 0. The van der Waals surface area contributed by atoms with E-state index in [2.05, 4.69) is 5.32 Å². The van der Waals surface area contributed by atoms with Gasteiger partial charge in [0, 0.05) is 20.1 Å². The fourth-order valence-corrected chi connectivity index (χ4v) is 1.01. The molecule has 7 nitrogen and oxygen atoms in total. The Hall–Kier alpha value is -1.18. The lowest BCUT2D eigenvalue weighted by Gasteiger charge is -2.07. The maximum absolute atomic E-state index is 11.2. The summed E-state index contributed by atoms with van der Waals surface area (Å²) in [4.78, 5) is 21.6. The molecular weight excluding hydrogens is 228 g/mol. The van der Waals surface area contributed by atoms with Gasteiger partial charge in [-0.25, -0.2) is 0 Å². The minimum atomic E-state index is -1.10. The van der Waals surface area contributed by atoms with Crippen molar-refractivity contribution in [2.75, 3.05) is 33.5 Å². The lowest BCUT2D eigenvalue weighted by atomic mass is 10.1. The molecule has 0 aliphatic rings. The van der Waals surface area contributed by atoms with Crippen molar-refractivity contribution < 1.29 is 24.2 Å². The SMILES string of the molecule is COCCOCCNC(=O)CCC(N)C(=O)O. The van der Waals surface area contributed by atoms with Crippen molar-refractivity contribution in [1.82, 2.24) is 5.32 Å². The van der Waals surface area contributed by atoms with Crippen LogP contribution in [0.15, 0.2) is 0 Å². The molecule has 0 aliphatic carbocycles. The van der Waals surface area contributed by atoms with Gasteiger partial charge >= 0.3 is 5.97 Å². The molecule has 0 saturated carbocycles. The molecule has 17 heavy (non-hydrogen) atoms. The van der Waals surface area contributed by atoms with Gasteiger partial charge in [0.1, 0.15) is 6.04 Å². The maximum atomic E-state index is 11.2. The normalized spacial score (nSPS) is 12.1. The summed E-state index contributed by atoms with van der Waals surface area (Å²) in [6.07, 6.45) is 0.233. The number of amides is 1. The van der Waals surface area contributed by atoms with Crippen LogP contribution in [0.2, 0.25) is 0 Å². The zero-order chi connectivity index (χ0) is 13.1. The number of nitrogens with two attached hydrogens (primary N) is 1. The summed E-state index contributed by atoms with van der Waals surface area (Å²) in [6, 6.07) is -0.987. The molecule has 0 aromatic carbocycles. The van der Waals surface area contributed by atoms with Gasteiger partial charge in [-0.1, -0.05) is 0 Å². The highest BCUT2D eigenvalue weighted by atomic mass is 16.5. The Labute approximate surface area is 100 Å². The molecule has 4 N–H and O–H groups in total. The predicted molar refractivity (Wildman–Crippen MR) is 60.5 cm³/mol. The van der Waals surface area contributed by atoms with Gasteiger partial charge in [-0.2, -0.15) is 0 Å². The third-order valence-corrected chi connectivity index (χ3v) is 2.00. The highest BCUT2D eigenvalue weighted by Gasteiger charge is 2.12. The minimum Gasteiger partial charge on any atom is -0.480 e. The number of carboxylic acid groups (broad SMARTS) is 1. The van der Waals surface area contributed by atoms with Crippen LogP contribution in [-0.4, -0.2) is 56.5 Å². The molecule has 0 aromatic heterocycles. The van der Waals surface area contributed by atoms with Gasteiger partial charge in [0.05, 0.1) is 19.8 Å². The summed E-state index contributed by atoms with van der Waals surface area (Å²) in [5.41, 5.74) is 5.26. The molecule has 1 unspecified atom stereocenters. The molecule has 1 amide bonds. The number of nitrogens with one attached hydrogen (secondary N) is 1. The van der Waals surface area contributed by atoms with Crippen molar-refractivity contribution in [3.05, 3.63) is 0 Å². The topological polar surface area (TPSA) is 111 Å². The Kier molecular flexibility index (Phi) is 9.31. The quantitative estimate of drug-likeness (QED) is 0.426. The lowest BCUT2D eigenvalue weighted by Crippen LogP contribution is -2.33. The zero-order valence-corrected chi connectivity index (χ0v) is 9.98. The van der Waals surface area contributed by atoms with E-state index in [4.69, 9.17) is 20.3 Å². The highest BCUT2D eigenvalue weighted by molar-refractivity contribution is 5.78. The van der Waals surface area contributed by atoms with Crippen molar-refractivity contribution in [2.45, 2.75) is 18.9 Å². The predicted octanol–water partition coefficient (Wildman–Crippen LogP) is -1.04.